The summed E-state index contributed by atoms with van der Waals surface area (Å²) in [7, 11) is 0. The predicted octanol–water partition coefficient (Wildman–Crippen LogP) is -1.20. The number of hydrazine groups is 1. The van der Waals surface area contributed by atoms with Crippen LogP contribution < -0.4 is 0 Å². The predicted molar refractivity (Wildman–Crippen MR) is 40.1 cm³/mol. The van der Waals surface area contributed by atoms with E-state index in [9.17, 15) is 0 Å². The number of carboxylic acids is 1. The number of hydrogen-bond donors (Lipinski definition) is 1. The Bertz CT molecular complexity index is 118. The van der Waals surface area contributed by atoms with E-state index in [-0.39, 0.29) is 5.48 Å². The van der Waals surface area contributed by atoms with Gasteiger partial charge in [-0.3, -0.25) is 4.79 Å². The van der Waals surface area contributed by atoms with Gasteiger partial charge in [0.05, 0.1) is 0 Å². The van der Waals surface area contributed by atoms with Gasteiger partial charge in [-0.2, -0.15) is 0 Å². The molecule has 0 saturated carbocycles. The summed E-state index contributed by atoms with van der Waals surface area (Å²) < 4.78 is 0. The number of piperazine rings is 1. The molecule has 0 aromatic carbocycles. The molecule has 0 radical (unpaired) electrons. The highest BCUT2D eigenvalue weighted by Gasteiger charge is 2.32. The second-order valence-corrected chi connectivity index (χ2v) is 2.43. The summed E-state index contributed by atoms with van der Waals surface area (Å²) in [4.78, 5) is 9.00. The van der Waals surface area contributed by atoms with Crippen LogP contribution in [0.1, 0.15) is 6.92 Å². The standard InChI is InChI=1S/C4H8N2.C2H4O2.H2O/c1-2-6-4-3-5(1)6;1-2(3)4;/h1-4H2;1H3,(H,3,4);1H2. The maximum atomic E-state index is 9.00. The SMILES string of the molecule is C1CN2CCN12.CC(=O)O.O. The van der Waals surface area contributed by atoms with Crippen molar-refractivity contribution in [3.63, 3.8) is 0 Å². The second-order valence-electron chi connectivity index (χ2n) is 2.43. The molecule has 0 amide bonds. The van der Waals surface area contributed by atoms with E-state index in [1.807, 2.05) is 0 Å². The van der Waals surface area contributed by atoms with Crippen LogP contribution in [0, 0.1) is 0 Å². The molecule has 0 spiro atoms. The zero-order valence-electron chi connectivity index (χ0n) is 6.58. The van der Waals surface area contributed by atoms with Gasteiger partial charge in [0.25, 0.3) is 5.97 Å². The van der Waals surface area contributed by atoms with Crippen LogP contribution in [0.5, 0.6) is 0 Å². The van der Waals surface area contributed by atoms with Crippen LogP contribution in [0.25, 0.3) is 0 Å². The van der Waals surface area contributed by atoms with Crippen molar-refractivity contribution in [2.24, 2.45) is 0 Å². The summed E-state index contributed by atoms with van der Waals surface area (Å²) in [5, 5.41) is 12.1. The minimum Gasteiger partial charge on any atom is -0.481 e. The third-order valence-corrected chi connectivity index (χ3v) is 1.63. The van der Waals surface area contributed by atoms with Crippen LogP contribution in [0.2, 0.25) is 0 Å². The van der Waals surface area contributed by atoms with Crippen molar-refractivity contribution in [1.82, 2.24) is 10.0 Å². The van der Waals surface area contributed by atoms with Crippen molar-refractivity contribution >= 4 is 5.97 Å². The maximum absolute atomic E-state index is 9.00. The lowest BCUT2D eigenvalue weighted by Crippen LogP contribution is -2.68. The molecule has 0 aliphatic carbocycles. The third-order valence-electron chi connectivity index (χ3n) is 1.63. The first-order valence-corrected chi connectivity index (χ1v) is 3.39. The Hall–Kier alpha value is -0.650. The first kappa shape index (κ1) is 10.3. The lowest BCUT2D eigenvalue weighted by atomic mass is 10.3. The molecule has 0 bridgehead atoms. The number of carboxylic acid groups (broad SMARTS) is 1. The normalized spacial score (nSPS) is 20.8. The number of rotatable bonds is 0. The van der Waals surface area contributed by atoms with Gasteiger partial charge in [0.2, 0.25) is 0 Å². The Balaban J connectivity index is 0.000000183. The molecule has 2 heterocycles. The molecular weight excluding hydrogens is 148 g/mol. The van der Waals surface area contributed by atoms with Crippen LogP contribution >= 0.6 is 0 Å². The molecule has 2 fully saturated rings. The number of aliphatic carboxylic acids is 1. The number of carbonyl (C=O) groups is 1. The highest BCUT2D eigenvalue weighted by Crippen LogP contribution is 2.16. The molecule has 2 saturated heterocycles. The molecular formula is C6H14N2O3. The van der Waals surface area contributed by atoms with Gasteiger partial charge < -0.3 is 10.6 Å². The summed E-state index contributed by atoms with van der Waals surface area (Å²) in [6, 6.07) is 0. The Labute approximate surface area is 65.5 Å². The lowest BCUT2D eigenvalue weighted by Gasteiger charge is -2.52. The third kappa shape index (κ3) is 2.83. The summed E-state index contributed by atoms with van der Waals surface area (Å²) >= 11 is 0. The van der Waals surface area contributed by atoms with Crippen molar-refractivity contribution in [1.29, 1.82) is 0 Å². The molecule has 2 aliphatic rings. The van der Waals surface area contributed by atoms with Crippen molar-refractivity contribution in [3.8, 4) is 0 Å². The van der Waals surface area contributed by atoms with Crippen molar-refractivity contribution < 1.29 is 15.4 Å². The van der Waals surface area contributed by atoms with E-state index in [1.165, 1.54) is 26.2 Å². The Morgan fingerprint density at radius 3 is 1.36 bits per heavy atom. The monoisotopic (exact) mass is 162 g/mol. The van der Waals surface area contributed by atoms with Gasteiger partial charge in [-0.25, -0.2) is 10.0 Å². The average molecular weight is 162 g/mol. The van der Waals surface area contributed by atoms with Gasteiger partial charge in [0, 0.05) is 33.1 Å². The summed E-state index contributed by atoms with van der Waals surface area (Å²) in [5.74, 6) is -0.833. The molecule has 2 rings (SSSR count). The largest absolute Gasteiger partial charge is 0.481 e. The van der Waals surface area contributed by atoms with Gasteiger partial charge in [0.15, 0.2) is 0 Å². The van der Waals surface area contributed by atoms with E-state index in [0.717, 1.165) is 6.92 Å². The van der Waals surface area contributed by atoms with Crippen LogP contribution in [-0.4, -0.2) is 52.7 Å². The maximum Gasteiger partial charge on any atom is 0.300 e. The zero-order valence-corrected chi connectivity index (χ0v) is 6.58. The fourth-order valence-electron chi connectivity index (χ4n) is 0.989. The molecule has 0 aromatic rings. The molecule has 5 heteroatoms. The first-order valence-electron chi connectivity index (χ1n) is 3.39. The number of hydrogen-bond acceptors (Lipinski definition) is 3. The van der Waals surface area contributed by atoms with Gasteiger partial charge in [-0.1, -0.05) is 0 Å². The highest BCUT2D eigenvalue weighted by molar-refractivity contribution is 5.62. The van der Waals surface area contributed by atoms with E-state index in [4.69, 9.17) is 9.90 Å². The van der Waals surface area contributed by atoms with Crippen LogP contribution in [0.3, 0.4) is 0 Å². The zero-order chi connectivity index (χ0) is 7.56. The van der Waals surface area contributed by atoms with E-state index in [0.29, 0.717) is 0 Å². The molecule has 3 N–H and O–H groups in total. The van der Waals surface area contributed by atoms with E-state index >= 15 is 0 Å². The molecule has 0 aromatic heterocycles. The van der Waals surface area contributed by atoms with Gasteiger partial charge in [0.1, 0.15) is 0 Å². The Morgan fingerprint density at radius 2 is 1.36 bits per heavy atom. The minimum absolute atomic E-state index is 0. The molecule has 0 unspecified atom stereocenters. The van der Waals surface area contributed by atoms with Gasteiger partial charge in [-0.15, -0.1) is 0 Å². The van der Waals surface area contributed by atoms with Crippen molar-refractivity contribution in [3.05, 3.63) is 0 Å². The highest BCUT2D eigenvalue weighted by atomic mass is 16.4. The summed E-state index contributed by atoms with van der Waals surface area (Å²) in [6.07, 6.45) is 0. The number of nitrogens with zero attached hydrogens (tertiary/aromatic N) is 2. The second kappa shape index (κ2) is 4.27. The smallest absolute Gasteiger partial charge is 0.300 e. The van der Waals surface area contributed by atoms with Crippen LogP contribution in [0.4, 0.5) is 0 Å². The van der Waals surface area contributed by atoms with Gasteiger partial charge in [-0.05, 0) is 0 Å². The lowest BCUT2D eigenvalue weighted by molar-refractivity contribution is -0.189. The van der Waals surface area contributed by atoms with Gasteiger partial charge >= 0.3 is 0 Å². The molecule has 5 nitrogen and oxygen atoms in total. The topological polar surface area (TPSA) is 75.3 Å². The summed E-state index contributed by atoms with van der Waals surface area (Å²) in [6.45, 7) is 6.36. The Morgan fingerprint density at radius 1 is 1.18 bits per heavy atom. The molecule has 0 atom stereocenters. The fraction of sp³-hybridized carbons (Fsp3) is 0.833. The van der Waals surface area contributed by atoms with E-state index in [2.05, 4.69) is 10.0 Å². The molecule has 11 heavy (non-hydrogen) atoms. The fourth-order valence-corrected chi connectivity index (χ4v) is 0.989. The van der Waals surface area contributed by atoms with Crippen LogP contribution in [0.15, 0.2) is 0 Å². The van der Waals surface area contributed by atoms with Crippen LogP contribution in [-0.2, 0) is 4.79 Å². The van der Waals surface area contributed by atoms with E-state index in [1.54, 1.807) is 0 Å². The van der Waals surface area contributed by atoms with E-state index < -0.39 is 5.97 Å². The first-order chi connectivity index (χ1) is 4.70. The molecule has 66 valence electrons. The molecule has 2 aliphatic heterocycles. The summed E-state index contributed by atoms with van der Waals surface area (Å²) in [5.41, 5.74) is 0. The van der Waals surface area contributed by atoms with Crippen molar-refractivity contribution in [2.75, 3.05) is 26.2 Å². The average Bonchev–Trinajstić information content (AvgIpc) is 1.77. The minimum atomic E-state index is -0.833. The Kier molecular flexibility index (Phi) is 4.02. The number of fused-ring (bicyclic) bond motifs is 1. The van der Waals surface area contributed by atoms with Crippen molar-refractivity contribution in [2.45, 2.75) is 6.92 Å². The quantitative estimate of drug-likeness (QED) is 0.485.